The first-order chi connectivity index (χ1) is 15.7. The third kappa shape index (κ3) is 3.45. The van der Waals surface area contributed by atoms with Gasteiger partial charge in [0.15, 0.2) is 11.3 Å². The van der Waals surface area contributed by atoms with Crippen LogP contribution >= 0.6 is 0 Å². The highest BCUT2D eigenvalue weighted by molar-refractivity contribution is 6.05. The van der Waals surface area contributed by atoms with Gasteiger partial charge in [0.25, 0.3) is 5.56 Å². The molecule has 0 aliphatic carbocycles. The lowest BCUT2D eigenvalue weighted by molar-refractivity contribution is 0.567. The average Bonchev–Trinajstić information content (AvgIpc) is 3.15. The van der Waals surface area contributed by atoms with Crippen LogP contribution in [0.5, 0.6) is 0 Å². The lowest BCUT2D eigenvalue weighted by atomic mass is 10.1. The summed E-state index contributed by atoms with van der Waals surface area (Å²) in [6.07, 6.45) is 7.06. The van der Waals surface area contributed by atoms with Crippen LogP contribution in [0.1, 0.15) is 45.1 Å². The summed E-state index contributed by atoms with van der Waals surface area (Å²) in [5.74, 6) is 0. The maximum atomic E-state index is 13.5. The van der Waals surface area contributed by atoms with Crippen molar-refractivity contribution < 1.29 is 0 Å². The van der Waals surface area contributed by atoms with Crippen molar-refractivity contribution in [2.75, 3.05) is 0 Å². The minimum Gasteiger partial charge on any atom is -0.299 e. The molecule has 0 aliphatic heterocycles. The topological polar surface area (TPSA) is 65.6 Å². The smallest absolute Gasteiger partial charge is 0.265 e. The number of para-hydroxylation sites is 2. The van der Waals surface area contributed by atoms with Gasteiger partial charge in [0.2, 0.25) is 0 Å². The zero-order valence-electron chi connectivity index (χ0n) is 18.6. The quantitative estimate of drug-likeness (QED) is 0.326. The molecule has 0 atom stereocenters. The molecule has 0 N–H and O–H groups in total. The number of nitrogens with zero attached hydrogens (tertiary/aromatic N) is 5. The van der Waals surface area contributed by atoms with Gasteiger partial charge in [-0.15, -0.1) is 0 Å². The Morgan fingerprint density at radius 2 is 1.59 bits per heavy atom. The predicted octanol–water partition coefficient (Wildman–Crippen LogP) is 5.43. The molecule has 0 bridgehead atoms. The first-order valence-electron chi connectivity index (χ1n) is 11.5. The van der Waals surface area contributed by atoms with Crippen LogP contribution in [0.2, 0.25) is 0 Å². The van der Waals surface area contributed by atoms with Crippen molar-refractivity contribution in [1.82, 2.24) is 24.1 Å². The van der Waals surface area contributed by atoms with Gasteiger partial charge in [-0.2, -0.15) is 0 Å². The second kappa shape index (κ2) is 8.54. The summed E-state index contributed by atoms with van der Waals surface area (Å²) in [6.45, 7) is 4.99. The second-order valence-corrected chi connectivity index (χ2v) is 8.24. The van der Waals surface area contributed by atoms with Crippen LogP contribution in [0.15, 0.2) is 59.7 Å². The SMILES string of the molecule is CCCCCCn1cnc2c(c1=O)c1nc3ccccc3nc1n2-c1ccc(CC)cc1. The molecular formula is C26H27N5O. The van der Waals surface area contributed by atoms with Gasteiger partial charge in [-0.25, -0.2) is 15.0 Å². The largest absolute Gasteiger partial charge is 0.299 e. The third-order valence-corrected chi connectivity index (χ3v) is 6.09. The molecule has 5 aromatic rings. The van der Waals surface area contributed by atoms with E-state index in [1.165, 1.54) is 18.4 Å². The highest BCUT2D eigenvalue weighted by atomic mass is 16.1. The van der Waals surface area contributed by atoms with Gasteiger partial charge in [-0.05, 0) is 42.7 Å². The number of aryl methyl sites for hydroxylation is 2. The number of rotatable bonds is 7. The second-order valence-electron chi connectivity index (χ2n) is 8.24. The molecule has 0 fully saturated rings. The van der Waals surface area contributed by atoms with E-state index < -0.39 is 0 Å². The molecule has 0 amide bonds. The molecule has 32 heavy (non-hydrogen) atoms. The van der Waals surface area contributed by atoms with E-state index in [1.54, 1.807) is 10.9 Å². The summed E-state index contributed by atoms with van der Waals surface area (Å²) >= 11 is 0. The Labute approximate surface area is 186 Å². The molecule has 3 heterocycles. The molecule has 3 aromatic heterocycles. The Hall–Kier alpha value is -3.54. The monoisotopic (exact) mass is 425 g/mol. The number of aromatic nitrogens is 5. The fourth-order valence-corrected chi connectivity index (χ4v) is 4.27. The molecule has 6 heteroatoms. The van der Waals surface area contributed by atoms with Gasteiger partial charge in [-0.1, -0.05) is 57.4 Å². The summed E-state index contributed by atoms with van der Waals surface area (Å²) in [4.78, 5) is 28.0. The minimum absolute atomic E-state index is 0.0509. The van der Waals surface area contributed by atoms with Gasteiger partial charge in [0.05, 0.1) is 17.4 Å². The van der Waals surface area contributed by atoms with E-state index >= 15 is 0 Å². The molecule has 6 nitrogen and oxygen atoms in total. The molecule has 162 valence electrons. The molecular weight excluding hydrogens is 398 g/mol. The zero-order valence-corrected chi connectivity index (χ0v) is 18.6. The van der Waals surface area contributed by atoms with Crippen LogP contribution in [-0.4, -0.2) is 24.1 Å². The van der Waals surface area contributed by atoms with Gasteiger partial charge >= 0.3 is 0 Å². The van der Waals surface area contributed by atoms with Gasteiger partial charge in [-0.3, -0.25) is 13.9 Å². The van der Waals surface area contributed by atoms with E-state index in [1.807, 2.05) is 28.8 Å². The van der Waals surface area contributed by atoms with Crippen molar-refractivity contribution in [2.45, 2.75) is 52.5 Å². The summed E-state index contributed by atoms with van der Waals surface area (Å²) in [7, 11) is 0. The van der Waals surface area contributed by atoms with Gasteiger partial charge < -0.3 is 0 Å². The van der Waals surface area contributed by atoms with Crippen molar-refractivity contribution in [2.24, 2.45) is 0 Å². The van der Waals surface area contributed by atoms with Crippen LogP contribution in [0.3, 0.4) is 0 Å². The van der Waals surface area contributed by atoms with E-state index in [-0.39, 0.29) is 5.56 Å². The van der Waals surface area contributed by atoms with Crippen LogP contribution in [0.4, 0.5) is 0 Å². The van der Waals surface area contributed by atoms with Gasteiger partial charge in [0, 0.05) is 12.2 Å². The van der Waals surface area contributed by atoms with Crippen LogP contribution in [0, 0.1) is 0 Å². The standard InChI is InChI=1S/C26H27N5O/c1-3-5-6-9-16-30-17-27-24-22(26(30)32)23-25(29-21-11-8-7-10-20(21)28-23)31(24)19-14-12-18(4-2)13-15-19/h7-8,10-15,17H,3-6,9,16H2,1-2H3. The van der Waals surface area contributed by atoms with Crippen molar-refractivity contribution in [1.29, 1.82) is 0 Å². The predicted molar refractivity (Wildman–Crippen MR) is 129 cm³/mol. The molecule has 0 unspecified atom stereocenters. The highest BCUT2D eigenvalue weighted by Crippen LogP contribution is 2.28. The molecule has 0 aliphatic rings. The Morgan fingerprint density at radius 3 is 2.31 bits per heavy atom. The Morgan fingerprint density at radius 1 is 0.844 bits per heavy atom. The van der Waals surface area contributed by atoms with Crippen LogP contribution < -0.4 is 5.56 Å². The summed E-state index contributed by atoms with van der Waals surface area (Å²) in [5.41, 5.74) is 5.59. The molecule has 0 radical (unpaired) electrons. The average molecular weight is 426 g/mol. The number of hydrogen-bond acceptors (Lipinski definition) is 4. The molecule has 2 aromatic carbocycles. The molecule has 0 saturated heterocycles. The number of unbranched alkanes of at least 4 members (excludes halogenated alkanes) is 3. The highest BCUT2D eigenvalue weighted by Gasteiger charge is 2.20. The Balaban J connectivity index is 1.77. The summed E-state index contributed by atoms with van der Waals surface area (Å²) in [6, 6.07) is 16.1. The Kier molecular flexibility index (Phi) is 5.43. The van der Waals surface area contributed by atoms with Crippen molar-refractivity contribution in [3.05, 3.63) is 70.8 Å². The fourth-order valence-electron chi connectivity index (χ4n) is 4.27. The number of benzene rings is 2. The first kappa shape index (κ1) is 20.4. The van der Waals surface area contributed by atoms with E-state index in [4.69, 9.17) is 15.0 Å². The minimum atomic E-state index is -0.0509. The van der Waals surface area contributed by atoms with Crippen LogP contribution in [0.25, 0.3) is 38.9 Å². The normalized spacial score (nSPS) is 11.7. The number of hydrogen-bond donors (Lipinski definition) is 0. The molecule has 0 saturated carbocycles. The van der Waals surface area contributed by atoms with E-state index in [0.717, 1.165) is 36.0 Å². The van der Waals surface area contributed by atoms with E-state index in [9.17, 15) is 4.79 Å². The summed E-state index contributed by atoms with van der Waals surface area (Å²) in [5, 5.41) is 0.538. The zero-order chi connectivity index (χ0) is 22.1. The van der Waals surface area contributed by atoms with Crippen molar-refractivity contribution in [3.63, 3.8) is 0 Å². The summed E-state index contributed by atoms with van der Waals surface area (Å²) < 4.78 is 3.69. The number of fused-ring (bicyclic) bond motifs is 4. The third-order valence-electron chi connectivity index (χ3n) is 6.09. The first-order valence-corrected chi connectivity index (χ1v) is 11.5. The maximum Gasteiger partial charge on any atom is 0.265 e. The van der Waals surface area contributed by atoms with Gasteiger partial charge in [0.1, 0.15) is 10.9 Å². The van der Waals surface area contributed by atoms with E-state index in [2.05, 4.69) is 38.1 Å². The van der Waals surface area contributed by atoms with Crippen molar-refractivity contribution in [3.8, 4) is 5.69 Å². The lowest BCUT2D eigenvalue weighted by Crippen LogP contribution is -2.20. The molecule has 0 spiro atoms. The Bertz CT molecular complexity index is 1460. The lowest BCUT2D eigenvalue weighted by Gasteiger charge is -2.08. The van der Waals surface area contributed by atoms with Crippen LogP contribution in [-0.2, 0) is 13.0 Å². The fraction of sp³-hybridized carbons (Fsp3) is 0.308. The van der Waals surface area contributed by atoms with Crippen molar-refractivity contribution >= 4 is 33.2 Å². The maximum absolute atomic E-state index is 13.5. The van der Waals surface area contributed by atoms with E-state index in [0.29, 0.717) is 28.7 Å². The molecule has 5 rings (SSSR count).